The Balaban J connectivity index is 4.40. The zero-order chi connectivity index (χ0) is 15.7. The van der Waals surface area contributed by atoms with Crippen LogP contribution in [0.5, 0.6) is 0 Å². The van der Waals surface area contributed by atoms with Gasteiger partial charge in [0.15, 0.2) is 0 Å². The minimum absolute atomic E-state index is 0.0767. The molecule has 0 aliphatic carbocycles. The second kappa shape index (κ2) is 8.89. The van der Waals surface area contributed by atoms with E-state index in [4.69, 9.17) is 5.11 Å². The molecule has 0 saturated carbocycles. The quantitative estimate of drug-likeness (QED) is 0.514. The highest BCUT2D eigenvalue weighted by Gasteiger charge is 2.24. The average Bonchev–Trinajstić information content (AvgIpc) is 2.33. The van der Waals surface area contributed by atoms with Crippen molar-refractivity contribution in [2.24, 2.45) is 0 Å². The van der Waals surface area contributed by atoms with E-state index in [0.29, 0.717) is 0 Å². The van der Waals surface area contributed by atoms with Crippen LogP contribution in [-0.2, 0) is 23.9 Å². The number of amides is 2. The van der Waals surface area contributed by atoms with Crippen LogP contribution in [0, 0.1) is 0 Å². The van der Waals surface area contributed by atoms with Gasteiger partial charge in [0, 0.05) is 13.3 Å². The molecular formula is C12H20N2O6. The van der Waals surface area contributed by atoms with E-state index < -0.39 is 35.8 Å². The molecule has 20 heavy (non-hydrogen) atoms. The second-order valence-electron chi connectivity index (χ2n) is 4.17. The molecule has 114 valence electrons. The molecule has 2 atom stereocenters. The summed E-state index contributed by atoms with van der Waals surface area (Å²) in [6.07, 6.45) is -0.188. The summed E-state index contributed by atoms with van der Waals surface area (Å²) >= 11 is 0. The molecule has 0 aliphatic heterocycles. The van der Waals surface area contributed by atoms with Crippen LogP contribution in [0.4, 0.5) is 0 Å². The third kappa shape index (κ3) is 7.34. The summed E-state index contributed by atoms with van der Waals surface area (Å²) in [5.41, 5.74) is 0. The fourth-order valence-electron chi connectivity index (χ4n) is 1.42. The summed E-state index contributed by atoms with van der Waals surface area (Å²) in [7, 11) is 0. The lowest BCUT2D eigenvalue weighted by molar-refractivity contribution is -0.145. The Kier molecular flexibility index (Phi) is 7.95. The first kappa shape index (κ1) is 17.9. The molecule has 0 bridgehead atoms. The predicted octanol–water partition coefficient (Wildman–Crippen LogP) is -0.576. The first-order chi connectivity index (χ1) is 9.27. The number of ether oxygens (including phenoxy) is 1. The van der Waals surface area contributed by atoms with E-state index in [1.165, 1.54) is 13.8 Å². The number of aliphatic carboxylic acids is 1. The highest BCUT2D eigenvalue weighted by atomic mass is 16.5. The maximum atomic E-state index is 11.7. The third-order valence-corrected chi connectivity index (χ3v) is 2.37. The molecule has 3 N–H and O–H groups in total. The zero-order valence-corrected chi connectivity index (χ0v) is 11.8. The predicted molar refractivity (Wildman–Crippen MR) is 68.7 cm³/mol. The van der Waals surface area contributed by atoms with Crippen LogP contribution in [0.1, 0.15) is 33.6 Å². The highest BCUT2D eigenvalue weighted by Crippen LogP contribution is 2.01. The Labute approximate surface area is 116 Å². The van der Waals surface area contributed by atoms with E-state index in [1.807, 2.05) is 0 Å². The monoisotopic (exact) mass is 288 g/mol. The van der Waals surface area contributed by atoms with Gasteiger partial charge in [-0.3, -0.25) is 14.4 Å². The van der Waals surface area contributed by atoms with Crippen LogP contribution in [0.25, 0.3) is 0 Å². The minimum atomic E-state index is -1.25. The zero-order valence-electron chi connectivity index (χ0n) is 11.8. The summed E-state index contributed by atoms with van der Waals surface area (Å²) in [5, 5.41) is 13.6. The number of rotatable bonds is 8. The van der Waals surface area contributed by atoms with Gasteiger partial charge in [-0.25, -0.2) is 4.79 Å². The Morgan fingerprint density at radius 2 is 1.80 bits per heavy atom. The lowest BCUT2D eigenvalue weighted by Gasteiger charge is -2.17. The smallest absolute Gasteiger partial charge is 0.326 e. The fourth-order valence-corrected chi connectivity index (χ4v) is 1.42. The van der Waals surface area contributed by atoms with E-state index in [9.17, 15) is 19.2 Å². The van der Waals surface area contributed by atoms with Crippen molar-refractivity contribution in [2.45, 2.75) is 45.7 Å². The van der Waals surface area contributed by atoms with Gasteiger partial charge in [0.1, 0.15) is 12.1 Å². The van der Waals surface area contributed by atoms with Crippen LogP contribution in [-0.4, -0.2) is 47.6 Å². The largest absolute Gasteiger partial charge is 0.480 e. The topological polar surface area (TPSA) is 122 Å². The first-order valence-corrected chi connectivity index (χ1v) is 6.23. The number of carbonyl (C=O) groups excluding carboxylic acids is 3. The standard InChI is InChI=1S/C12H20N2O6/c1-4-20-10(16)6-5-9(12(18)19)14-11(17)7(2)13-8(3)15/h7,9H,4-6H2,1-3H3,(H,13,15)(H,14,17)(H,18,19)/t7?,9-/m0/s1. The van der Waals surface area contributed by atoms with Gasteiger partial charge in [-0.2, -0.15) is 0 Å². The van der Waals surface area contributed by atoms with Crippen molar-refractivity contribution in [1.82, 2.24) is 10.6 Å². The van der Waals surface area contributed by atoms with E-state index in [2.05, 4.69) is 15.4 Å². The lowest BCUT2D eigenvalue weighted by atomic mass is 10.1. The Hall–Kier alpha value is -2.12. The number of nitrogens with one attached hydrogen (secondary N) is 2. The lowest BCUT2D eigenvalue weighted by Crippen LogP contribution is -2.50. The van der Waals surface area contributed by atoms with Crippen LogP contribution in [0.2, 0.25) is 0 Å². The second-order valence-corrected chi connectivity index (χ2v) is 4.17. The molecule has 0 aromatic rings. The molecule has 0 saturated heterocycles. The number of carboxylic acids is 1. The van der Waals surface area contributed by atoms with Crippen molar-refractivity contribution < 1.29 is 29.0 Å². The summed E-state index contributed by atoms with van der Waals surface area (Å²) in [4.78, 5) is 44.6. The minimum Gasteiger partial charge on any atom is -0.480 e. The summed E-state index contributed by atoms with van der Waals surface area (Å²) in [5.74, 6) is -2.80. The molecule has 0 aromatic carbocycles. The maximum Gasteiger partial charge on any atom is 0.326 e. The normalized spacial score (nSPS) is 12.9. The van der Waals surface area contributed by atoms with Crippen molar-refractivity contribution >= 4 is 23.8 Å². The Bertz CT molecular complexity index is 382. The molecule has 8 heteroatoms. The summed E-state index contributed by atoms with van der Waals surface area (Å²) < 4.78 is 4.68. The van der Waals surface area contributed by atoms with E-state index in [-0.39, 0.29) is 19.4 Å². The van der Waals surface area contributed by atoms with Crippen molar-refractivity contribution in [3.63, 3.8) is 0 Å². The van der Waals surface area contributed by atoms with E-state index in [0.717, 1.165) is 0 Å². The van der Waals surface area contributed by atoms with Gasteiger partial charge >= 0.3 is 11.9 Å². The summed E-state index contributed by atoms with van der Waals surface area (Å²) in [6, 6.07) is -2.06. The Morgan fingerprint density at radius 1 is 1.20 bits per heavy atom. The molecule has 0 aliphatic rings. The van der Waals surface area contributed by atoms with Gasteiger partial charge in [0.05, 0.1) is 6.61 Å². The molecule has 8 nitrogen and oxygen atoms in total. The number of carbonyl (C=O) groups is 4. The van der Waals surface area contributed by atoms with E-state index in [1.54, 1.807) is 6.92 Å². The van der Waals surface area contributed by atoms with Gasteiger partial charge in [0.25, 0.3) is 0 Å². The number of esters is 1. The first-order valence-electron chi connectivity index (χ1n) is 6.23. The molecule has 0 spiro atoms. The van der Waals surface area contributed by atoms with Crippen molar-refractivity contribution in [1.29, 1.82) is 0 Å². The average molecular weight is 288 g/mol. The third-order valence-electron chi connectivity index (χ3n) is 2.37. The van der Waals surface area contributed by atoms with Gasteiger partial charge in [-0.15, -0.1) is 0 Å². The SMILES string of the molecule is CCOC(=O)CC[C@H](NC(=O)C(C)NC(C)=O)C(=O)O. The molecule has 0 fully saturated rings. The Morgan fingerprint density at radius 3 is 2.25 bits per heavy atom. The van der Waals surface area contributed by atoms with Gasteiger partial charge in [-0.1, -0.05) is 0 Å². The molecule has 0 heterocycles. The molecule has 0 rings (SSSR count). The number of hydrogen-bond donors (Lipinski definition) is 3. The van der Waals surface area contributed by atoms with Crippen molar-refractivity contribution in [2.75, 3.05) is 6.61 Å². The van der Waals surface area contributed by atoms with Crippen LogP contribution in [0.3, 0.4) is 0 Å². The van der Waals surface area contributed by atoms with Crippen molar-refractivity contribution in [3.05, 3.63) is 0 Å². The number of carboxylic acid groups (broad SMARTS) is 1. The van der Waals surface area contributed by atoms with Gasteiger partial charge in [0.2, 0.25) is 11.8 Å². The molecule has 0 radical (unpaired) electrons. The summed E-state index contributed by atoms with van der Waals surface area (Å²) in [6.45, 7) is 4.53. The van der Waals surface area contributed by atoms with Crippen LogP contribution in [0.15, 0.2) is 0 Å². The van der Waals surface area contributed by atoms with Crippen LogP contribution < -0.4 is 10.6 Å². The highest BCUT2D eigenvalue weighted by molar-refractivity contribution is 5.89. The van der Waals surface area contributed by atoms with E-state index >= 15 is 0 Å². The van der Waals surface area contributed by atoms with Gasteiger partial charge < -0.3 is 20.5 Å². The fraction of sp³-hybridized carbons (Fsp3) is 0.667. The van der Waals surface area contributed by atoms with Crippen LogP contribution >= 0.6 is 0 Å². The molecular weight excluding hydrogens is 268 g/mol. The maximum absolute atomic E-state index is 11.7. The molecule has 0 aromatic heterocycles. The van der Waals surface area contributed by atoms with Gasteiger partial charge in [-0.05, 0) is 20.3 Å². The van der Waals surface area contributed by atoms with Crippen molar-refractivity contribution in [3.8, 4) is 0 Å². The molecule has 1 unspecified atom stereocenters. The number of hydrogen-bond acceptors (Lipinski definition) is 5. The molecule has 2 amide bonds.